The van der Waals surface area contributed by atoms with Gasteiger partial charge in [-0.15, -0.1) is 0 Å². The Morgan fingerprint density at radius 3 is 2.33 bits per heavy atom. The first-order chi connectivity index (χ1) is 19.0. The number of allylic oxidation sites excluding steroid dienone is 1. The highest BCUT2D eigenvalue weighted by atomic mass is 19.2. The van der Waals surface area contributed by atoms with Gasteiger partial charge in [0.1, 0.15) is 5.82 Å². The van der Waals surface area contributed by atoms with E-state index in [4.69, 9.17) is 0 Å². The largest absolute Gasteiger partial charge is 0.249 e. The number of hydrogen-bond donors (Lipinski definition) is 0. The average molecular weight is 519 g/mol. The van der Waals surface area contributed by atoms with Crippen LogP contribution in [-0.2, 0) is 6.42 Å². The third kappa shape index (κ3) is 3.64. The van der Waals surface area contributed by atoms with Gasteiger partial charge in [0.05, 0.1) is 11.5 Å². The highest BCUT2D eigenvalue weighted by Gasteiger charge is 2.47. The van der Waals surface area contributed by atoms with Crippen molar-refractivity contribution in [2.45, 2.75) is 24.8 Å². The van der Waals surface area contributed by atoms with E-state index in [1.807, 2.05) is 83.7 Å². The molecule has 0 saturated heterocycles. The Morgan fingerprint density at radius 1 is 0.718 bits per heavy atom. The molecule has 2 aliphatic heterocycles. The highest BCUT2D eigenvalue weighted by molar-refractivity contribution is 5.72. The van der Waals surface area contributed by atoms with Crippen LogP contribution in [0.3, 0.4) is 0 Å². The normalized spacial score (nSPS) is 17.5. The molecule has 190 valence electrons. The summed E-state index contributed by atoms with van der Waals surface area (Å²) >= 11 is 0. The van der Waals surface area contributed by atoms with Gasteiger partial charge >= 0.3 is 0 Å². The molecule has 2 unspecified atom stereocenters. The van der Waals surface area contributed by atoms with Crippen molar-refractivity contribution < 1.29 is 22.3 Å². The van der Waals surface area contributed by atoms with Crippen molar-refractivity contribution in [1.82, 2.24) is 0 Å². The van der Waals surface area contributed by atoms with E-state index in [9.17, 15) is 4.39 Å². The molecule has 0 amide bonds. The molecule has 3 aromatic carbocycles. The predicted molar refractivity (Wildman–Crippen MR) is 145 cm³/mol. The summed E-state index contributed by atoms with van der Waals surface area (Å²) in [6, 6.07) is 28.2. The molecule has 2 aliphatic rings. The van der Waals surface area contributed by atoms with Crippen molar-refractivity contribution in [2.75, 3.05) is 0 Å². The minimum Gasteiger partial charge on any atom is -0.207 e. The summed E-state index contributed by atoms with van der Waals surface area (Å²) in [5.41, 5.74) is 6.28. The standard InChI is InChI=1S/C34H25F3N2/c1-21-34-26(24-11-5-6-12-25(24)30-13-7-8-17-39(30)34)14-15-27-28(35)20-29(36)33(37)32(27)31-19-23(16-18-38(21)31)22-9-3-2-4-10-22/h2-13,16-20,26,34H,1,14-15H2/q+2. The zero-order valence-electron chi connectivity index (χ0n) is 21.1. The molecule has 4 heterocycles. The molecule has 0 radical (unpaired) electrons. The van der Waals surface area contributed by atoms with E-state index in [1.54, 1.807) is 0 Å². The van der Waals surface area contributed by atoms with E-state index in [-0.39, 0.29) is 29.5 Å². The molecule has 5 heteroatoms. The van der Waals surface area contributed by atoms with E-state index >= 15 is 8.78 Å². The SMILES string of the molecule is C=C1C2C(CCc3c(F)cc(F)c(F)c3-c3cc(-c4ccccc4)cc[n+]31)c1ccccc1-c1cccc[n+]12. The van der Waals surface area contributed by atoms with Crippen LogP contribution in [0.15, 0.2) is 110 Å². The Kier molecular flexibility index (Phi) is 5.48. The first-order valence-corrected chi connectivity index (χ1v) is 13.1. The van der Waals surface area contributed by atoms with Crippen LogP contribution in [0.25, 0.3) is 39.3 Å². The van der Waals surface area contributed by atoms with Gasteiger partial charge in [0.25, 0.3) is 0 Å². The molecule has 2 aromatic heterocycles. The number of nitrogens with zero attached hydrogens (tertiary/aromatic N) is 2. The third-order valence-electron chi connectivity index (χ3n) is 8.15. The molecule has 0 spiro atoms. The van der Waals surface area contributed by atoms with Gasteiger partial charge in [-0.25, -0.2) is 13.2 Å². The second kappa shape index (κ2) is 9.05. The van der Waals surface area contributed by atoms with E-state index in [2.05, 4.69) is 29.3 Å². The molecule has 2 nitrogen and oxygen atoms in total. The number of hydrogen-bond acceptors (Lipinski definition) is 0. The summed E-state index contributed by atoms with van der Waals surface area (Å²) in [6.07, 6.45) is 4.67. The fraction of sp³-hybridized carbons (Fsp3) is 0.118. The minimum atomic E-state index is -1.20. The first kappa shape index (κ1) is 23.6. The quantitative estimate of drug-likeness (QED) is 0.161. The third-order valence-corrected chi connectivity index (χ3v) is 8.15. The molecule has 5 aromatic rings. The van der Waals surface area contributed by atoms with Gasteiger partial charge in [0, 0.05) is 41.5 Å². The van der Waals surface area contributed by atoms with Crippen LogP contribution in [0.2, 0.25) is 0 Å². The zero-order valence-corrected chi connectivity index (χ0v) is 21.1. The number of halogens is 3. The summed E-state index contributed by atoms with van der Waals surface area (Å²) < 4.78 is 50.0. The number of pyridine rings is 2. The average Bonchev–Trinajstić information content (AvgIpc) is 3.03. The maximum Gasteiger partial charge on any atom is 0.249 e. The molecule has 0 bridgehead atoms. The smallest absolute Gasteiger partial charge is 0.207 e. The van der Waals surface area contributed by atoms with Gasteiger partial charge in [-0.05, 0) is 48.2 Å². The van der Waals surface area contributed by atoms with Crippen molar-refractivity contribution in [3.63, 3.8) is 0 Å². The summed E-state index contributed by atoms with van der Waals surface area (Å²) in [5, 5.41) is 0. The van der Waals surface area contributed by atoms with Crippen LogP contribution in [0.5, 0.6) is 0 Å². The van der Waals surface area contributed by atoms with E-state index in [0.717, 1.165) is 27.9 Å². The van der Waals surface area contributed by atoms with Crippen LogP contribution < -0.4 is 9.13 Å². The van der Waals surface area contributed by atoms with Crippen LogP contribution >= 0.6 is 0 Å². The lowest BCUT2D eigenvalue weighted by Crippen LogP contribution is -2.53. The monoisotopic (exact) mass is 518 g/mol. The minimum absolute atomic E-state index is 0.0448. The Balaban J connectivity index is 1.54. The molecule has 0 saturated carbocycles. The number of aromatic nitrogens is 2. The lowest BCUT2D eigenvalue weighted by atomic mass is 9.78. The highest BCUT2D eigenvalue weighted by Crippen LogP contribution is 2.45. The Labute approximate surface area is 225 Å². The van der Waals surface area contributed by atoms with Crippen molar-refractivity contribution in [3.8, 4) is 33.6 Å². The van der Waals surface area contributed by atoms with Crippen LogP contribution in [0, 0.1) is 17.5 Å². The van der Waals surface area contributed by atoms with Crippen molar-refractivity contribution in [3.05, 3.63) is 139 Å². The first-order valence-electron chi connectivity index (χ1n) is 13.1. The molecule has 0 fully saturated rings. The molecule has 0 N–H and O–H groups in total. The van der Waals surface area contributed by atoms with E-state index in [1.165, 1.54) is 0 Å². The maximum absolute atomic E-state index is 15.7. The van der Waals surface area contributed by atoms with Crippen molar-refractivity contribution in [1.29, 1.82) is 0 Å². The van der Waals surface area contributed by atoms with E-state index < -0.39 is 17.5 Å². The molecule has 7 rings (SSSR count). The maximum atomic E-state index is 15.7. The summed E-state index contributed by atoms with van der Waals surface area (Å²) in [7, 11) is 0. The molecule has 39 heavy (non-hydrogen) atoms. The zero-order chi connectivity index (χ0) is 26.7. The molecule has 2 atom stereocenters. The van der Waals surface area contributed by atoms with Gasteiger partial charge in [0.2, 0.25) is 23.1 Å². The lowest BCUT2D eigenvalue weighted by Gasteiger charge is -2.29. The second-order valence-corrected chi connectivity index (χ2v) is 10.2. The molecule has 0 aliphatic carbocycles. The van der Waals surface area contributed by atoms with E-state index in [0.29, 0.717) is 23.9 Å². The second-order valence-electron chi connectivity index (χ2n) is 10.2. The van der Waals surface area contributed by atoms with Crippen molar-refractivity contribution >= 4 is 5.70 Å². The van der Waals surface area contributed by atoms with Gasteiger partial charge in [0.15, 0.2) is 24.0 Å². The molecular formula is C34H25F3N2+2. The van der Waals surface area contributed by atoms with Crippen LogP contribution in [-0.4, -0.2) is 0 Å². The van der Waals surface area contributed by atoms with Gasteiger partial charge < -0.3 is 0 Å². The predicted octanol–water partition coefficient (Wildman–Crippen LogP) is 7.44. The van der Waals surface area contributed by atoms with Crippen LogP contribution in [0.1, 0.15) is 29.5 Å². The summed E-state index contributed by atoms with van der Waals surface area (Å²) in [4.78, 5) is 0. The number of benzene rings is 3. The van der Waals surface area contributed by atoms with Gasteiger partial charge in [-0.2, -0.15) is 9.13 Å². The molecular weight excluding hydrogens is 493 g/mol. The van der Waals surface area contributed by atoms with Gasteiger partial charge in [-0.3, -0.25) is 0 Å². The van der Waals surface area contributed by atoms with Crippen molar-refractivity contribution in [2.24, 2.45) is 0 Å². The van der Waals surface area contributed by atoms with Gasteiger partial charge in [-0.1, -0.05) is 48.5 Å². The Bertz CT molecular complexity index is 1780. The topological polar surface area (TPSA) is 7.76 Å². The van der Waals surface area contributed by atoms with Crippen LogP contribution in [0.4, 0.5) is 13.2 Å². The number of rotatable bonds is 1. The Morgan fingerprint density at radius 2 is 1.49 bits per heavy atom. The fourth-order valence-corrected chi connectivity index (χ4v) is 6.39. The number of fused-ring (bicyclic) bond motifs is 9. The summed E-state index contributed by atoms with van der Waals surface area (Å²) in [5.74, 6) is -3.03. The summed E-state index contributed by atoms with van der Waals surface area (Å²) in [6.45, 7) is 4.54. The Hall–Kier alpha value is -4.51. The lowest BCUT2D eigenvalue weighted by molar-refractivity contribution is -0.727. The fourth-order valence-electron chi connectivity index (χ4n) is 6.39.